The van der Waals surface area contributed by atoms with Crippen molar-refractivity contribution in [3.8, 4) is 23.3 Å². The molecule has 0 radical (unpaired) electrons. The Balaban J connectivity index is 1.61. The summed E-state index contributed by atoms with van der Waals surface area (Å²) in [5.41, 5.74) is 3.60. The Bertz CT molecular complexity index is 1390. The van der Waals surface area contributed by atoms with E-state index in [9.17, 15) is 4.79 Å². The minimum atomic E-state index is -0.408. The van der Waals surface area contributed by atoms with E-state index in [1.807, 2.05) is 38.1 Å². The first-order valence-electron chi connectivity index (χ1n) is 10.4. The van der Waals surface area contributed by atoms with Crippen molar-refractivity contribution >= 4 is 40.0 Å². The van der Waals surface area contributed by atoms with E-state index >= 15 is 0 Å². The lowest BCUT2D eigenvalue weighted by Gasteiger charge is -2.17. The molecule has 0 saturated heterocycles. The SMILES string of the molecule is Cc1[nH]c(-c2n[nH]c3ccc(OC(C)c4c(Cl)cncc4Cl)cc23)nc1CN(C)C(=O)CC#N. The minimum Gasteiger partial charge on any atom is -0.486 e. The number of halogens is 2. The third kappa shape index (κ3) is 4.69. The van der Waals surface area contributed by atoms with Crippen LogP contribution in [0.1, 0.15) is 36.4 Å². The highest BCUT2D eigenvalue weighted by Crippen LogP contribution is 2.34. The second-order valence-electron chi connectivity index (χ2n) is 7.80. The number of hydrogen-bond acceptors (Lipinski definition) is 6. The van der Waals surface area contributed by atoms with Crippen LogP contribution in [0.3, 0.4) is 0 Å². The smallest absolute Gasteiger partial charge is 0.236 e. The maximum Gasteiger partial charge on any atom is 0.236 e. The topological polar surface area (TPSA) is 124 Å². The van der Waals surface area contributed by atoms with Gasteiger partial charge in [0.1, 0.15) is 24.0 Å². The number of carbonyl (C=O) groups is 1. The van der Waals surface area contributed by atoms with Crippen molar-refractivity contribution in [3.63, 3.8) is 0 Å². The number of ether oxygens (including phenoxy) is 1. The Kier molecular flexibility index (Phi) is 6.72. The molecular weight excluding hydrogens is 477 g/mol. The van der Waals surface area contributed by atoms with Crippen LogP contribution in [-0.4, -0.2) is 43.0 Å². The number of imidazole rings is 1. The first kappa shape index (κ1) is 23.5. The van der Waals surface area contributed by atoms with Crippen molar-refractivity contribution in [3.05, 3.63) is 57.6 Å². The first-order chi connectivity index (χ1) is 16.3. The van der Waals surface area contributed by atoms with Crippen LogP contribution in [0.25, 0.3) is 22.4 Å². The summed E-state index contributed by atoms with van der Waals surface area (Å²) in [7, 11) is 1.64. The van der Waals surface area contributed by atoms with Crippen LogP contribution < -0.4 is 4.74 Å². The van der Waals surface area contributed by atoms with E-state index in [-0.39, 0.29) is 18.9 Å². The van der Waals surface area contributed by atoms with Crippen LogP contribution in [-0.2, 0) is 11.3 Å². The summed E-state index contributed by atoms with van der Waals surface area (Å²) in [6, 6.07) is 7.44. The van der Waals surface area contributed by atoms with Gasteiger partial charge in [0.25, 0.3) is 0 Å². The quantitative estimate of drug-likeness (QED) is 0.371. The van der Waals surface area contributed by atoms with Gasteiger partial charge < -0.3 is 14.6 Å². The number of nitrogens with one attached hydrogen (secondary N) is 2. The summed E-state index contributed by atoms with van der Waals surface area (Å²) in [6.07, 6.45) is 2.48. The third-order valence-corrected chi connectivity index (χ3v) is 6.00. The zero-order chi connectivity index (χ0) is 24.4. The van der Waals surface area contributed by atoms with Crippen LogP contribution in [0.4, 0.5) is 0 Å². The molecule has 0 saturated carbocycles. The highest BCUT2D eigenvalue weighted by Gasteiger charge is 2.19. The summed E-state index contributed by atoms with van der Waals surface area (Å²) in [5.74, 6) is 0.907. The Morgan fingerprint density at radius 3 is 2.74 bits per heavy atom. The number of rotatable bonds is 7. The number of amides is 1. The number of nitrogens with zero attached hydrogens (tertiary/aromatic N) is 5. The number of carbonyl (C=O) groups excluding carboxylic acids is 1. The number of fused-ring (bicyclic) bond motifs is 1. The van der Waals surface area contributed by atoms with E-state index < -0.39 is 6.10 Å². The molecule has 34 heavy (non-hydrogen) atoms. The molecule has 0 bridgehead atoms. The summed E-state index contributed by atoms with van der Waals surface area (Å²) < 4.78 is 6.12. The van der Waals surface area contributed by atoms with Gasteiger partial charge in [0, 0.05) is 36.1 Å². The maximum atomic E-state index is 12.0. The Hall–Kier alpha value is -3.61. The third-order valence-electron chi connectivity index (χ3n) is 5.40. The highest BCUT2D eigenvalue weighted by atomic mass is 35.5. The standard InChI is InChI=1S/C23H21Cl2N7O2/c1-12-19(11-32(3)20(33)6-7-26)29-23(28-12)22-15-8-14(4-5-18(15)30-31-22)34-13(2)21-16(24)9-27-10-17(21)25/h4-5,8-10,13H,6,11H2,1-3H3,(H,28,29)(H,30,31). The molecule has 1 aromatic carbocycles. The monoisotopic (exact) mass is 497 g/mol. The van der Waals surface area contributed by atoms with E-state index in [2.05, 4.69) is 25.1 Å². The van der Waals surface area contributed by atoms with E-state index in [0.29, 0.717) is 38.6 Å². The lowest BCUT2D eigenvalue weighted by Crippen LogP contribution is -2.26. The molecule has 4 rings (SSSR count). The normalized spacial score (nSPS) is 11.9. The number of aromatic amines is 2. The van der Waals surface area contributed by atoms with Gasteiger partial charge >= 0.3 is 0 Å². The van der Waals surface area contributed by atoms with E-state index in [4.69, 9.17) is 33.2 Å². The molecule has 11 heteroatoms. The van der Waals surface area contributed by atoms with Gasteiger partial charge in [-0.15, -0.1) is 0 Å². The average Bonchev–Trinajstić information content (AvgIpc) is 3.36. The van der Waals surface area contributed by atoms with Crippen LogP contribution in [0.2, 0.25) is 10.0 Å². The molecular formula is C23H21Cl2N7O2. The lowest BCUT2D eigenvalue weighted by molar-refractivity contribution is -0.129. The second-order valence-corrected chi connectivity index (χ2v) is 8.61. The molecule has 9 nitrogen and oxygen atoms in total. The number of aromatic nitrogens is 5. The van der Waals surface area contributed by atoms with Gasteiger partial charge in [0.15, 0.2) is 5.82 Å². The van der Waals surface area contributed by atoms with Crippen LogP contribution in [0.15, 0.2) is 30.6 Å². The fourth-order valence-electron chi connectivity index (χ4n) is 3.60. The van der Waals surface area contributed by atoms with E-state index in [1.165, 1.54) is 17.3 Å². The molecule has 3 heterocycles. The Morgan fingerprint density at radius 1 is 1.29 bits per heavy atom. The molecule has 1 unspecified atom stereocenters. The zero-order valence-electron chi connectivity index (χ0n) is 18.7. The van der Waals surface area contributed by atoms with Gasteiger partial charge in [0.05, 0.1) is 33.9 Å². The van der Waals surface area contributed by atoms with Crippen molar-refractivity contribution in [1.82, 2.24) is 30.0 Å². The Labute approximate surface area is 205 Å². The van der Waals surface area contributed by atoms with Crippen molar-refractivity contribution in [2.75, 3.05) is 7.05 Å². The van der Waals surface area contributed by atoms with Crippen molar-refractivity contribution in [2.24, 2.45) is 0 Å². The number of H-pyrrole nitrogens is 2. The fourth-order valence-corrected chi connectivity index (χ4v) is 4.27. The maximum absolute atomic E-state index is 12.0. The largest absolute Gasteiger partial charge is 0.486 e. The average molecular weight is 498 g/mol. The first-order valence-corrected chi connectivity index (χ1v) is 11.1. The van der Waals surface area contributed by atoms with Crippen molar-refractivity contribution in [1.29, 1.82) is 5.26 Å². The predicted octanol–water partition coefficient (Wildman–Crippen LogP) is 4.98. The van der Waals surface area contributed by atoms with Gasteiger partial charge in [0.2, 0.25) is 5.91 Å². The van der Waals surface area contributed by atoms with Gasteiger partial charge in [-0.25, -0.2) is 4.98 Å². The minimum absolute atomic E-state index is 0.173. The van der Waals surface area contributed by atoms with Crippen molar-refractivity contribution < 1.29 is 9.53 Å². The second kappa shape index (κ2) is 9.71. The van der Waals surface area contributed by atoms with Gasteiger partial charge in [-0.3, -0.25) is 14.9 Å². The molecule has 1 amide bonds. The summed E-state index contributed by atoms with van der Waals surface area (Å²) >= 11 is 12.5. The van der Waals surface area contributed by atoms with Gasteiger partial charge in [-0.2, -0.15) is 10.4 Å². The molecule has 0 aliphatic carbocycles. The summed E-state index contributed by atoms with van der Waals surface area (Å²) in [4.78, 5) is 25.3. The summed E-state index contributed by atoms with van der Waals surface area (Å²) in [5, 5.41) is 17.9. The molecule has 1 atom stereocenters. The predicted molar refractivity (Wildman–Crippen MR) is 128 cm³/mol. The number of benzene rings is 1. The Morgan fingerprint density at radius 2 is 2.03 bits per heavy atom. The molecule has 0 spiro atoms. The van der Waals surface area contributed by atoms with Gasteiger partial charge in [-0.05, 0) is 32.0 Å². The molecule has 2 N–H and O–H groups in total. The van der Waals surface area contributed by atoms with Crippen molar-refractivity contribution in [2.45, 2.75) is 32.9 Å². The number of pyridine rings is 1. The lowest BCUT2D eigenvalue weighted by atomic mass is 10.1. The molecule has 4 aromatic rings. The highest BCUT2D eigenvalue weighted by molar-refractivity contribution is 6.35. The zero-order valence-corrected chi connectivity index (χ0v) is 20.2. The molecule has 0 fully saturated rings. The number of hydrogen-bond donors (Lipinski definition) is 2. The molecule has 174 valence electrons. The van der Waals surface area contributed by atoms with Crippen LogP contribution in [0.5, 0.6) is 5.75 Å². The van der Waals surface area contributed by atoms with Gasteiger partial charge in [-0.1, -0.05) is 23.2 Å². The summed E-state index contributed by atoms with van der Waals surface area (Å²) in [6.45, 7) is 4.02. The van der Waals surface area contributed by atoms with Crippen LogP contribution in [0, 0.1) is 18.3 Å². The number of nitriles is 1. The molecule has 0 aliphatic rings. The van der Waals surface area contributed by atoms with E-state index in [1.54, 1.807) is 7.05 Å². The van der Waals surface area contributed by atoms with Crippen LogP contribution >= 0.6 is 23.2 Å². The fraction of sp³-hybridized carbons (Fsp3) is 0.261. The number of aryl methyl sites for hydroxylation is 1. The molecule has 3 aromatic heterocycles. The molecule has 0 aliphatic heterocycles. The van der Waals surface area contributed by atoms with E-state index in [0.717, 1.165) is 16.6 Å².